The van der Waals surface area contributed by atoms with Crippen LogP contribution in [-0.4, -0.2) is 47.4 Å². The summed E-state index contributed by atoms with van der Waals surface area (Å²) in [6.07, 6.45) is 5.02. The molecule has 1 atom stereocenters. The van der Waals surface area contributed by atoms with Gasteiger partial charge in [-0.05, 0) is 36.6 Å². The van der Waals surface area contributed by atoms with Crippen molar-refractivity contribution in [1.82, 2.24) is 15.3 Å². The van der Waals surface area contributed by atoms with Crippen molar-refractivity contribution >= 4 is 17.7 Å². The lowest BCUT2D eigenvalue weighted by Crippen LogP contribution is -2.20. The third-order valence-corrected chi connectivity index (χ3v) is 7.17. The molecule has 4 aromatic rings. The van der Waals surface area contributed by atoms with E-state index in [1.165, 1.54) is 0 Å². The molecule has 8 heteroatoms. The van der Waals surface area contributed by atoms with Crippen molar-refractivity contribution in [2.24, 2.45) is 4.99 Å². The summed E-state index contributed by atoms with van der Waals surface area (Å²) >= 11 is 0. The molecule has 0 amide bonds. The van der Waals surface area contributed by atoms with Crippen LogP contribution in [0, 0.1) is 0 Å². The molecular weight excluding hydrogens is 528 g/mol. The van der Waals surface area contributed by atoms with E-state index >= 15 is 0 Å². The number of hydrogen-bond acceptors (Lipinski definition) is 7. The number of carbonyl (C=O) groups is 2. The zero-order valence-corrected chi connectivity index (χ0v) is 24.1. The molecule has 3 aromatic carbocycles. The molecule has 0 spiro atoms. The van der Waals surface area contributed by atoms with Gasteiger partial charge < -0.3 is 14.5 Å². The zero-order chi connectivity index (χ0) is 29.3. The van der Waals surface area contributed by atoms with E-state index in [2.05, 4.69) is 35.2 Å². The fourth-order valence-corrected chi connectivity index (χ4v) is 4.83. The lowest BCUT2D eigenvalue weighted by atomic mass is 10.0. The molecule has 42 heavy (non-hydrogen) atoms. The van der Waals surface area contributed by atoms with Crippen molar-refractivity contribution in [3.63, 3.8) is 0 Å². The first-order valence-electron chi connectivity index (χ1n) is 14.6. The van der Waals surface area contributed by atoms with E-state index < -0.39 is 0 Å². The largest absolute Gasteiger partial charge is 0.462 e. The van der Waals surface area contributed by atoms with Crippen molar-refractivity contribution in [2.75, 3.05) is 19.8 Å². The average Bonchev–Trinajstić information content (AvgIpc) is 3.72. The Labute approximate surface area is 246 Å². The maximum Gasteiger partial charge on any atom is 0.338 e. The molecule has 2 heterocycles. The number of nitrogens with one attached hydrogen (secondary N) is 2. The third-order valence-electron chi connectivity index (χ3n) is 7.17. The molecular formula is C34H36N4O4. The topological polar surface area (TPSA) is 106 Å². The van der Waals surface area contributed by atoms with Crippen LogP contribution in [0.1, 0.15) is 77.5 Å². The molecule has 0 bridgehead atoms. The van der Waals surface area contributed by atoms with Crippen molar-refractivity contribution in [3.05, 3.63) is 101 Å². The number of aliphatic imine (C=N–C) groups is 1. The Bertz CT molecular complexity index is 1580. The van der Waals surface area contributed by atoms with Crippen LogP contribution in [-0.2, 0) is 9.47 Å². The molecule has 5 rings (SSSR count). The second kappa shape index (κ2) is 13.9. The van der Waals surface area contributed by atoms with Crippen LogP contribution in [0.2, 0.25) is 0 Å². The van der Waals surface area contributed by atoms with Gasteiger partial charge in [0.2, 0.25) is 0 Å². The molecule has 8 nitrogen and oxygen atoms in total. The molecule has 0 radical (unpaired) electrons. The Hall–Kier alpha value is -4.56. The molecule has 1 aliphatic rings. The van der Waals surface area contributed by atoms with E-state index in [4.69, 9.17) is 14.5 Å². The van der Waals surface area contributed by atoms with Crippen LogP contribution in [0.25, 0.3) is 22.6 Å². The van der Waals surface area contributed by atoms with Gasteiger partial charge in [0.25, 0.3) is 0 Å². The first-order valence-corrected chi connectivity index (χ1v) is 14.6. The number of aromatic nitrogens is 2. The summed E-state index contributed by atoms with van der Waals surface area (Å²) in [6.45, 7) is 5.49. The van der Waals surface area contributed by atoms with Crippen LogP contribution >= 0.6 is 0 Å². The number of aromatic amines is 1. The number of ether oxygens (including phenoxy) is 2. The molecule has 0 fully saturated rings. The van der Waals surface area contributed by atoms with E-state index in [0.29, 0.717) is 42.3 Å². The first-order chi connectivity index (χ1) is 20.6. The highest BCUT2D eigenvalue weighted by atomic mass is 16.5. The van der Waals surface area contributed by atoms with Gasteiger partial charge in [-0.2, -0.15) is 0 Å². The lowest BCUT2D eigenvalue weighted by molar-refractivity contribution is 0.0489. The summed E-state index contributed by atoms with van der Waals surface area (Å²) in [7, 11) is 0. The number of nitrogens with zero attached hydrogens (tertiary/aromatic N) is 2. The van der Waals surface area contributed by atoms with E-state index in [1.54, 1.807) is 18.3 Å². The van der Waals surface area contributed by atoms with Crippen molar-refractivity contribution in [1.29, 1.82) is 0 Å². The smallest absolute Gasteiger partial charge is 0.338 e. The van der Waals surface area contributed by atoms with Crippen molar-refractivity contribution < 1.29 is 19.1 Å². The molecule has 0 saturated carbocycles. The summed E-state index contributed by atoms with van der Waals surface area (Å²) < 4.78 is 10.9. The van der Waals surface area contributed by atoms with Gasteiger partial charge in [-0.25, -0.2) is 14.6 Å². The van der Waals surface area contributed by atoms with Gasteiger partial charge >= 0.3 is 11.9 Å². The number of rotatable bonds is 12. The maximum absolute atomic E-state index is 12.7. The average molecular weight is 565 g/mol. The normalized spacial score (nSPS) is 14.4. The summed E-state index contributed by atoms with van der Waals surface area (Å²) in [5, 5.41) is 3.43. The molecule has 0 aliphatic carbocycles. The first kappa shape index (κ1) is 29.0. The monoisotopic (exact) mass is 564 g/mol. The summed E-state index contributed by atoms with van der Waals surface area (Å²) in [5.41, 5.74) is 6.15. The highest BCUT2D eigenvalue weighted by Crippen LogP contribution is 2.28. The Balaban J connectivity index is 1.35. The predicted octanol–water partition coefficient (Wildman–Crippen LogP) is 6.75. The summed E-state index contributed by atoms with van der Waals surface area (Å²) in [6, 6.07) is 22.9. The molecule has 216 valence electrons. The van der Waals surface area contributed by atoms with E-state index in [-0.39, 0.29) is 18.1 Å². The van der Waals surface area contributed by atoms with Crippen LogP contribution < -0.4 is 5.32 Å². The van der Waals surface area contributed by atoms with E-state index in [9.17, 15) is 9.59 Å². The Kier molecular flexibility index (Phi) is 9.56. The van der Waals surface area contributed by atoms with Crippen LogP contribution in [0.4, 0.5) is 0 Å². The van der Waals surface area contributed by atoms with E-state index in [1.807, 2.05) is 54.6 Å². The number of benzene rings is 3. The fourth-order valence-electron chi connectivity index (χ4n) is 4.83. The van der Waals surface area contributed by atoms with Gasteiger partial charge in [0.05, 0.1) is 41.9 Å². The standard InChI is InChI=1S/C34H36N4O4/c1-3-5-18-41-33(39)27-16-9-7-14-25(27)31-35-21-29(37-31)23-12-11-13-24(20-23)30-22-36-32(38-30)26-15-8-10-17-28(26)34(40)42-19-6-4-2/h7-17,20-21,32,36H,3-6,18-19,22H2,1-2H3,(H,35,37). The summed E-state index contributed by atoms with van der Waals surface area (Å²) in [4.78, 5) is 38.4. The maximum atomic E-state index is 12.7. The number of H-pyrrole nitrogens is 1. The number of unbranched alkanes of at least 4 members (excludes halogenated alkanes) is 2. The lowest BCUT2D eigenvalue weighted by Gasteiger charge is -2.13. The van der Waals surface area contributed by atoms with E-state index in [0.717, 1.165) is 53.8 Å². The minimum absolute atomic E-state index is 0.322. The highest BCUT2D eigenvalue weighted by molar-refractivity contribution is 6.04. The number of esters is 2. The fraction of sp³-hybridized carbons (Fsp3) is 0.294. The van der Waals surface area contributed by atoms with Crippen LogP contribution in [0.15, 0.2) is 84.0 Å². The van der Waals surface area contributed by atoms with Gasteiger partial charge in [-0.15, -0.1) is 0 Å². The molecule has 0 saturated heterocycles. The number of carbonyl (C=O) groups excluding carboxylic acids is 2. The number of hydrogen-bond donors (Lipinski definition) is 2. The molecule has 1 aliphatic heterocycles. The van der Waals surface area contributed by atoms with Gasteiger partial charge in [0, 0.05) is 23.2 Å². The molecule has 2 N–H and O–H groups in total. The van der Waals surface area contributed by atoms with Gasteiger partial charge in [0.15, 0.2) is 0 Å². The zero-order valence-electron chi connectivity index (χ0n) is 24.1. The van der Waals surface area contributed by atoms with Gasteiger partial charge in [0.1, 0.15) is 12.0 Å². The van der Waals surface area contributed by atoms with Gasteiger partial charge in [-0.3, -0.25) is 10.3 Å². The third kappa shape index (κ3) is 6.66. The van der Waals surface area contributed by atoms with Crippen LogP contribution in [0.3, 0.4) is 0 Å². The molecule has 1 aromatic heterocycles. The van der Waals surface area contributed by atoms with Crippen LogP contribution in [0.5, 0.6) is 0 Å². The molecule has 1 unspecified atom stereocenters. The van der Waals surface area contributed by atoms with Gasteiger partial charge in [-0.1, -0.05) is 81.3 Å². The minimum Gasteiger partial charge on any atom is -0.462 e. The Morgan fingerprint density at radius 2 is 1.50 bits per heavy atom. The quantitative estimate of drug-likeness (QED) is 0.146. The van der Waals surface area contributed by atoms with Crippen molar-refractivity contribution in [2.45, 2.75) is 45.7 Å². The second-order valence-corrected chi connectivity index (χ2v) is 10.2. The highest BCUT2D eigenvalue weighted by Gasteiger charge is 2.25. The Morgan fingerprint density at radius 1 is 0.833 bits per heavy atom. The number of imidazole rings is 1. The minimum atomic E-state index is -0.351. The SMILES string of the molecule is CCCCOC(=O)c1ccccc1-c1ncc(-c2cccc(C3=NC(c4ccccc4C(=O)OCCCC)NC3)c2)[nH]1. The Morgan fingerprint density at radius 3 is 2.26 bits per heavy atom. The summed E-state index contributed by atoms with van der Waals surface area (Å²) in [5.74, 6) is -0.0748. The predicted molar refractivity (Wildman–Crippen MR) is 164 cm³/mol. The van der Waals surface area contributed by atoms with Crippen molar-refractivity contribution in [3.8, 4) is 22.6 Å². The second-order valence-electron chi connectivity index (χ2n) is 10.2.